The fourth-order valence-corrected chi connectivity index (χ4v) is 2.20. The molecule has 0 radical (unpaired) electrons. The van der Waals surface area contributed by atoms with E-state index in [1.54, 1.807) is 11.8 Å². The van der Waals surface area contributed by atoms with Crippen molar-refractivity contribution in [2.45, 2.75) is 25.0 Å². The first-order chi connectivity index (χ1) is 5.08. The van der Waals surface area contributed by atoms with Crippen molar-refractivity contribution in [3.8, 4) is 0 Å². The van der Waals surface area contributed by atoms with Crippen LogP contribution >= 0.6 is 11.8 Å². The van der Waals surface area contributed by atoms with Crippen molar-refractivity contribution < 1.29 is 9.90 Å². The van der Waals surface area contributed by atoms with Gasteiger partial charge in [0.2, 0.25) is 0 Å². The Morgan fingerprint density at radius 3 is 2.73 bits per heavy atom. The van der Waals surface area contributed by atoms with Gasteiger partial charge in [0.1, 0.15) is 0 Å². The zero-order valence-corrected chi connectivity index (χ0v) is 7.57. The summed E-state index contributed by atoms with van der Waals surface area (Å²) in [6, 6.07) is 0. The van der Waals surface area contributed by atoms with Crippen LogP contribution in [0.5, 0.6) is 0 Å². The maximum absolute atomic E-state index is 11.4. The maximum atomic E-state index is 11.4. The van der Waals surface area contributed by atoms with Gasteiger partial charge in [-0.15, -0.1) is 11.8 Å². The molecular formula is C8H12O2S. The lowest BCUT2D eigenvalue weighted by atomic mass is 9.99. The Labute approximate surface area is 70.7 Å². The summed E-state index contributed by atoms with van der Waals surface area (Å²) in [5.74, 6) is 0.988. The molecule has 1 rings (SSSR count). The van der Waals surface area contributed by atoms with Crippen LogP contribution in [0, 0.1) is 0 Å². The Kier molecular flexibility index (Phi) is 2.28. The van der Waals surface area contributed by atoms with Gasteiger partial charge < -0.3 is 5.11 Å². The Morgan fingerprint density at radius 2 is 2.27 bits per heavy atom. The summed E-state index contributed by atoms with van der Waals surface area (Å²) in [6.45, 7) is 3.78. The molecule has 1 aliphatic rings. The predicted octanol–water partition coefficient (Wildman–Crippen LogP) is 1.91. The van der Waals surface area contributed by atoms with E-state index in [-0.39, 0.29) is 10.5 Å². The minimum atomic E-state index is -0.340. The van der Waals surface area contributed by atoms with Crippen LogP contribution in [0.4, 0.5) is 0 Å². The molecule has 0 atom stereocenters. The molecule has 1 N–H and O–H groups in total. The molecule has 11 heavy (non-hydrogen) atoms. The zero-order valence-electron chi connectivity index (χ0n) is 6.76. The van der Waals surface area contributed by atoms with Crippen LogP contribution in [0.25, 0.3) is 0 Å². The summed E-state index contributed by atoms with van der Waals surface area (Å²) < 4.78 is -0.340. The molecule has 1 aliphatic heterocycles. The normalized spacial score (nSPS) is 27.5. The molecule has 1 heterocycles. The summed E-state index contributed by atoms with van der Waals surface area (Å²) in [7, 11) is 0. The lowest BCUT2D eigenvalue weighted by Gasteiger charge is -2.28. The number of aliphatic hydroxyl groups excluding tert-OH is 1. The fraction of sp³-hybridized carbons (Fsp3) is 0.625. The van der Waals surface area contributed by atoms with Crippen LogP contribution in [-0.2, 0) is 4.79 Å². The van der Waals surface area contributed by atoms with Gasteiger partial charge in [-0.1, -0.05) is 0 Å². The SMILES string of the molecule is CC1(C)SCC/C(=C\O)C1=O. The number of hydrogen-bond acceptors (Lipinski definition) is 3. The van der Waals surface area contributed by atoms with E-state index in [1.807, 2.05) is 13.8 Å². The first kappa shape index (κ1) is 8.65. The van der Waals surface area contributed by atoms with Gasteiger partial charge in [0.15, 0.2) is 5.78 Å². The van der Waals surface area contributed by atoms with Crippen molar-refractivity contribution in [2.24, 2.45) is 0 Å². The number of hydrogen-bond donors (Lipinski definition) is 1. The number of carbonyl (C=O) groups excluding carboxylic acids is 1. The highest BCUT2D eigenvalue weighted by Gasteiger charge is 2.34. The summed E-state index contributed by atoms with van der Waals surface area (Å²) in [6.07, 6.45) is 1.65. The third kappa shape index (κ3) is 1.59. The summed E-state index contributed by atoms with van der Waals surface area (Å²) in [5.41, 5.74) is 0.564. The molecule has 0 amide bonds. The topological polar surface area (TPSA) is 37.3 Å². The van der Waals surface area contributed by atoms with Gasteiger partial charge in [-0.2, -0.15) is 0 Å². The lowest BCUT2D eigenvalue weighted by Crippen LogP contribution is -2.33. The van der Waals surface area contributed by atoms with E-state index >= 15 is 0 Å². The Morgan fingerprint density at radius 1 is 1.64 bits per heavy atom. The second-order valence-electron chi connectivity index (χ2n) is 3.09. The molecule has 0 bridgehead atoms. The maximum Gasteiger partial charge on any atom is 0.177 e. The van der Waals surface area contributed by atoms with Crippen molar-refractivity contribution in [3.05, 3.63) is 11.8 Å². The molecule has 0 aromatic heterocycles. The Balaban J connectivity index is 2.85. The molecule has 1 fully saturated rings. The van der Waals surface area contributed by atoms with Gasteiger partial charge in [0, 0.05) is 5.57 Å². The molecule has 0 aliphatic carbocycles. The quantitative estimate of drug-likeness (QED) is 0.448. The van der Waals surface area contributed by atoms with Crippen LogP contribution in [0.2, 0.25) is 0 Å². The second kappa shape index (κ2) is 2.89. The van der Waals surface area contributed by atoms with Crippen molar-refractivity contribution in [1.29, 1.82) is 0 Å². The number of allylic oxidation sites excluding steroid dienone is 1. The molecule has 0 spiro atoms. The van der Waals surface area contributed by atoms with E-state index in [4.69, 9.17) is 5.11 Å². The van der Waals surface area contributed by atoms with Gasteiger partial charge in [-0.25, -0.2) is 0 Å². The zero-order chi connectivity index (χ0) is 8.48. The molecule has 0 aromatic carbocycles. The first-order valence-electron chi connectivity index (χ1n) is 3.60. The minimum Gasteiger partial charge on any atom is -0.515 e. The highest BCUT2D eigenvalue weighted by atomic mass is 32.2. The van der Waals surface area contributed by atoms with Crippen molar-refractivity contribution >= 4 is 17.5 Å². The number of rotatable bonds is 0. The van der Waals surface area contributed by atoms with Crippen LogP contribution in [0.15, 0.2) is 11.8 Å². The number of thioether (sulfide) groups is 1. The number of carbonyl (C=O) groups is 1. The van der Waals surface area contributed by atoms with Crippen LogP contribution in [-0.4, -0.2) is 21.4 Å². The van der Waals surface area contributed by atoms with E-state index in [2.05, 4.69) is 0 Å². The van der Waals surface area contributed by atoms with E-state index in [1.165, 1.54) is 0 Å². The average molecular weight is 172 g/mol. The van der Waals surface area contributed by atoms with E-state index in [0.717, 1.165) is 12.0 Å². The van der Waals surface area contributed by atoms with Gasteiger partial charge in [0.05, 0.1) is 11.0 Å². The molecular weight excluding hydrogens is 160 g/mol. The van der Waals surface area contributed by atoms with Gasteiger partial charge in [0.25, 0.3) is 0 Å². The average Bonchev–Trinajstić information content (AvgIpc) is 1.95. The van der Waals surface area contributed by atoms with E-state index in [9.17, 15) is 4.79 Å². The largest absolute Gasteiger partial charge is 0.515 e. The standard InChI is InChI=1S/C8H12O2S/c1-8(2)7(10)6(5-9)3-4-11-8/h5,9H,3-4H2,1-2H3/b6-5+. The molecule has 62 valence electrons. The molecule has 2 nitrogen and oxygen atoms in total. The predicted molar refractivity (Wildman–Crippen MR) is 46.9 cm³/mol. The highest BCUT2D eigenvalue weighted by molar-refractivity contribution is 8.01. The third-order valence-corrected chi connectivity index (χ3v) is 3.14. The lowest BCUT2D eigenvalue weighted by molar-refractivity contribution is -0.117. The van der Waals surface area contributed by atoms with Crippen molar-refractivity contribution in [1.82, 2.24) is 0 Å². The smallest absolute Gasteiger partial charge is 0.177 e. The molecule has 1 saturated heterocycles. The summed E-state index contributed by atoms with van der Waals surface area (Å²) in [5, 5.41) is 8.70. The Bertz CT molecular complexity index is 206. The molecule has 0 saturated carbocycles. The number of aliphatic hydroxyl groups is 1. The van der Waals surface area contributed by atoms with Gasteiger partial charge in [-0.05, 0) is 26.0 Å². The number of ketones is 1. The second-order valence-corrected chi connectivity index (χ2v) is 4.81. The van der Waals surface area contributed by atoms with Crippen LogP contribution < -0.4 is 0 Å². The van der Waals surface area contributed by atoms with E-state index < -0.39 is 0 Å². The minimum absolute atomic E-state index is 0.0660. The van der Waals surface area contributed by atoms with Crippen molar-refractivity contribution in [2.75, 3.05) is 5.75 Å². The van der Waals surface area contributed by atoms with E-state index in [0.29, 0.717) is 12.0 Å². The molecule has 3 heteroatoms. The monoisotopic (exact) mass is 172 g/mol. The fourth-order valence-electron chi connectivity index (χ4n) is 1.11. The molecule has 0 unspecified atom stereocenters. The van der Waals surface area contributed by atoms with Crippen LogP contribution in [0.1, 0.15) is 20.3 Å². The third-order valence-electron chi connectivity index (χ3n) is 1.83. The van der Waals surface area contributed by atoms with Crippen LogP contribution in [0.3, 0.4) is 0 Å². The summed E-state index contributed by atoms with van der Waals surface area (Å²) in [4.78, 5) is 11.4. The van der Waals surface area contributed by atoms with Gasteiger partial charge >= 0.3 is 0 Å². The first-order valence-corrected chi connectivity index (χ1v) is 4.58. The number of Topliss-reactive ketones (excluding diaryl/α,β-unsaturated/α-hetero) is 1. The van der Waals surface area contributed by atoms with Gasteiger partial charge in [-0.3, -0.25) is 4.79 Å². The highest BCUT2D eigenvalue weighted by Crippen LogP contribution is 2.34. The van der Waals surface area contributed by atoms with Crippen molar-refractivity contribution in [3.63, 3.8) is 0 Å². The summed E-state index contributed by atoms with van der Waals surface area (Å²) >= 11 is 1.65. The molecule has 0 aromatic rings. The Hall–Kier alpha value is -0.440.